The van der Waals surface area contributed by atoms with Crippen molar-refractivity contribution in [3.63, 3.8) is 0 Å². The Bertz CT molecular complexity index is 3030. The summed E-state index contributed by atoms with van der Waals surface area (Å²) in [4.78, 5) is 2.44. The van der Waals surface area contributed by atoms with E-state index < -0.39 is 0 Å². The normalized spacial score (nSPS) is 13.7. The van der Waals surface area contributed by atoms with E-state index in [2.05, 4.69) is 179 Å². The van der Waals surface area contributed by atoms with Gasteiger partial charge in [-0.2, -0.15) is 0 Å². The summed E-state index contributed by atoms with van der Waals surface area (Å²) < 4.78 is 8.91. The number of rotatable bonds is 6. The topological polar surface area (TPSA) is 21.3 Å². The maximum absolute atomic E-state index is 6.52. The summed E-state index contributed by atoms with van der Waals surface area (Å²) in [5, 5.41) is 7.40. The molecule has 10 aromatic rings. The Balaban J connectivity index is 1.17. The van der Waals surface area contributed by atoms with E-state index in [9.17, 15) is 0 Å². The summed E-state index contributed by atoms with van der Waals surface area (Å²) in [6.07, 6.45) is 6.47. The number of furan rings is 1. The highest BCUT2D eigenvalue weighted by molar-refractivity contribution is 6.12. The van der Waals surface area contributed by atoms with Crippen molar-refractivity contribution < 1.29 is 4.42 Å². The molecule has 3 heteroatoms. The molecule has 0 amide bonds. The van der Waals surface area contributed by atoms with E-state index in [-0.39, 0.29) is 0 Å². The molecule has 0 bridgehead atoms. The van der Waals surface area contributed by atoms with E-state index in [1.54, 1.807) is 0 Å². The van der Waals surface area contributed by atoms with Crippen molar-refractivity contribution >= 4 is 71.6 Å². The molecular formula is C52H40N2O. The van der Waals surface area contributed by atoms with Gasteiger partial charge < -0.3 is 13.9 Å². The van der Waals surface area contributed by atoms with Crippen molar-refractivity contribution in [2.75, 3.05) is 4.90 Å². The molecule has 0 aliphatic heterocycles. The zero-order chi connectivity index (χ0) is 36.3. The first-order chi connectivity index (χ1) is 27.3. The number of fused-ring (bicyclic) bond motifs is 7. The van der Waals surface area contributed by atoms with Crippen molar-refractivity contribution in [1.82, 2.24) is 4.57 Å². The first kappa shape index (κ1) is 31.9. The largest absolute Gasteiger partial charge is 0.456 e. The Morgan fingerprint density at radius 3 is 2.04 bits per heavy atom. The molecule has 1 saturated carbocycles. The van der Waals surface area contributed by atoms with Crippen LogP contribution in [0, 0.1) is 0 Å². The number of benzene rings is 8. The Kier molecular flexibility index (Phi) is 7.58. The number of aromatic nitrogens is 1. The molecule has 264 valence electrons. The van der Waals surface area contributed by atoms with Gasteiger partial charge in [-0.05, 0) is 101 Å². The highest BCUT2D eigenvalue weighted by Gasteiger charge is 2.24. The second kappa shape index (κ2) is 13.1. The molecular weight excluding hydrogens is 669 g/mol. The molecule has 0 N–H and O–H groups in total. The van der Waals surface area contributed by atoms with Crippen molar-refractivity contribution in [2.45, 2.75) is 38.0 Å². The lowest BCUT2D eigenvalue weighted by Crippen LogP contribution is -2.11. The fourth-order valence-corrected chi connectivity index (χ4v) is 9.48. The highest BCUT2D eigenvalue weighted by atomic mass is 16.3. The van der Waals surface area contributed by atoms with Gasteiger partial charge in [0.1, 0.15) is 11.2 Å². The summed E-state index contributed by atoms with van der Waals surface area (Å²) in [5.41, 5.74) is 12.6. The summed E-state index contributed by atoms with van der Waals surface area (Å²) in [7, 11) is 0. The Labute approximate surface area is 320 Å². The number of anilines is 3. The number of hydrogen-bond donors (Lipinski definition) is 0. The van der Waals surface area contributed by atoms with E-state index in [4.69, 9.17) is 4.42 Å². The smallest absolute Gasteiger partial charge is 0.137 e. The number of hydrogen-bond acceptors (Lipinski definition) is 2. The van der Waals surface area contributed by atoms with Crippen LogP contribution in [-0.2, 0) is 0 Å². The van der Waals surface area contributed by atoms with Crippen LogP contribution >= 0.6 is 0 Å². The van der Waals surface area contributed by atoms with Gasteiger partial charge in [-0.15, -0.1) is 0 Å². The maximum atomic E-state index is 6.52. The summed E-state index contributed by atoms with van der Waals surface area (Å²) >= 11 is 0. The lowest BCUT2D eigenvalue weighted by Gasteiger charge is -2.29. The SMILES string of the molecule is c1ccc(-n2c3ccccc3c3cc(N(c4ccc5c(c4)oc4ccccc45)c4ccccc4-c4cccc5cccc(C6CCCCC6)c45)ccc32)cc1. The van der Waals surface area contributed by atoms with Crippen LogP contribution in [0.1, 0.15) is 43.6 Å². The summed E-state index contributed by atoms with van der Waals surface area (Å²) in [6.45, 7) is 0. The molecule has 0 spiro atoms. The Morgan fingerprint density at radius 1 is 0.473 bits per heavy atom. The number of nitrogens with zero attached hydrogens (tertiary/aromatic N) is 2. The third kappa shape index (κ3) is 5.26. The molecule has 1 aliphatic carbocycles. The van der Waals surface area contributed by atoms with Gasteiger partial charge >= 0.3 is 0 Å². The second-order valence-corrected chi connectivity index (χ2v) is 15.1. The first-order valence-electron chi connectivity index (χ1n) is 19.7. The molecule has 55 heavy (non-hydrogen) atoms. The van der Waals surface area contributed by atoms with E-state index in [1.165, 1.54) is 81.4 Å². The molecule has 0 saturated heterocycles. The number of para-hydroxylation sites is 4. The van der Waals surface area contributed by atoms with E-state index >= 15 is 0 Å². The van der Waals surface area contributed by atoms with Gasteiger partial charge in [0, 0.05) is 50.2 Å². The molecule has 0 atom stereocenters. The fraction of sp³-hybridized carbons (Fsp3) is 0.115. The van der Waals surface area contributed by atoms with E-state index in [0.29, 0.717) is 5.92 Å². The molecule has 0 unspecified atom stereocenters. The van der Waals surface area contributed by atoms with Crippen molar-refractivity contribution in [3.05, 3.63) is 181 Å². The predicted octanol–water partition coefficient (Wildman–Crippen LogP) is 15.0. The minimum Gasteiger partial charge on any atom is -0.456 e. The van der Waals surface area contributed by atoms with Crippen LogP contribution in [0.4, 0.5) is 17.1 Å². The second-order valence-electron chi connectivity index (χ2n) is 15.1. The van der Waals surface area contributed by atoms with E-state index in [0.717, 1.165) is 44.7 Å². The summed E-state index contributed by atoms with van der Waals surface area (Å²) in [6, 6.07) is 64.3. The third-order valence-corrected chi connectivity index (χ3v) is 12.0. The lowest BCUT2D eigenvalue weighted by atomic mass is 9.80. The molecule has 8 aromatic carbocycles. The summed E-state index contributed by atoms with van der Waals surface area (Å²) in [5.74, 6) is 0.585. The predicted molar refractivity (Wildman–Crippen MR) is 232 cm³/mol. The Hall–Kier alpha value is -6.58. The van der Waals surface area contributed by atoms with Crippen LogP contribution in [-0.4, -0.2) is 4.57 Å². The van der Waals surface area contributed by atoms with Crippen molar-refractivity contribution in [1.29, 1.82) is 0 Å². The van der Waals surface area contributed by atoms with Crippen molar-refractivity contribution in [3.8, 4) is 16.8 Å². The maximum Gasteiger partial charge on any atom is 0.137 e. The van der Waals surface area contributed by atoms with Crippen LogP contribution < -0.4 is 4.90 Å². The van der Waals surface area contributed by atoms with Gasteiger partial charge in [0.15, 0.2) is 0 Å². The molecule has 2 aromatic heterocycles. The first-order valence-corrected chi connectivity index (χ1v) is 19.7. The van der Waals surface area contributed by atoms with Gasteiger partial charge in [0.05, 0.1) is 16.7 Å². The van der Waals surface area contributed by atoms with Crippen LogP contribution in [0.3, 0.4) is 0 Å². The van der Waals surface area contributed by atoms with Crippen LogP contribution in [0.25, 0.3) is 71.3 Å². The highest BCUT2D eigenvalue weighted by Crippen LogP contribution is 2.47. The molecule has 2 heterocycles. The van der Waals surface area contributed by atoms with Gasteiger partial charge in [-0.1, -0.05) is 128 Å². The van der Waals surface area contributed by atoms with Crippen LogP contribution in [0.5, 0.6) is 0 Å². The zero-order valence-corrected chi connectivity index (χ0v) is 30.7. The monoisotopic (exact) mass is 708 g/mol. The average molecular weight is 709 g/mol. The van der Waals surface area contributed by atoms with Crippen LogP contribution in [0.15, 0.2) is 180 Å². The standard InChI is InChI=1S/C52H40N2O/c1-3-15-35(16-4-1)40-24-13-17-36-18-14-25-45(52(36)40)41-21-7-10-26-47(41)53(39-29-31-44-43-23-9-12-28-50(43)55-51(44)34-39)38-30-32-49-46(33-38)42-22-8-11-27-48(42)54(49)37-19-5-2-6-20-37/h2,5-14,17-35H,1,3-4,15-16H2. The Morgan fingerprint density at radius 2 is 1.15 bits per heavy atom. The molecule has 1 aliphatic rings. The lowest BCUT2D eigenvalue weighted by molar-refractivity contribution is 0.445. The van der Waals surface area contributed by atoms with Gasteiger partial charge in [0.2, 0.25) is 0 Å². The quantitative estimate of drug-likeness (QED) is 0.171. The van der Waals surface area contributed by atoms with Gasteiger partial charge in [0.25, 0.3) is 0 Å². The minimum absolute atomic E-state index is 0.585. The van der Waals surface area contributed by atoms with Crippen molar-refractivity contribution in [2.24, 2.45) is 0 Å². The molecule has 11 rings (SSSR count). The average Bonchev–Trinajstić information content (AvgIpc) is 3.79. The van der Waals surface area contributed by atoms with Gasteiger partial charge in [-0.25, -0.2) is 0 Å². The zero-order valence-electron chi connectivity index (χ0n) is 30.7. The fourth-order valence-electron chi connectivity index (χ4n) is 9.48. The molecule has 1 fully saturated rings. The van der Waals surface area contributed by atoms with Crippen LogP contribution in [0.2, 0.25) is 0 Å². The third-order valence-electron chi connectivity index (χ3n) is 12.0. The minimum atomic E-state index is 0.585. The molecule has 3 nitrogen and oxygen atoms in total. The van der Waals surface area contributed by atoms with E-state index in [1.807, 2.05) is 6.07 Å². The molecule has 0 radical (unpaired) electrons. The van der Waals surface area contributed by atoms with Gasteiger partial charge in [-0.3, -0.25) is 0 Å².